The van der Waals surface area contributed by atoms with Crippen LogP contribution in [0.15, 0.2) is 60.7 Å². The van der Waals surface area contributed by atoms with E-state index in [0.717, 1.165) is 5.56 Å². The molecule has 3 rings (SSSR count). The van der Waals surface area contributed by atoms with Gasteiger partial charge in [-0.25, -0.2) is 4.79 Å². The van der Waals surface area contributed by atoms with Gasteiger partial charge >= 0.3 is 6.09 Å². The number of benzene rings is 2. The van der Waals surface area contributed by atoms with Gasteiger partial charge in [-0.15, -0.1) is 0 Å². The highest BCUT2D eigenvalue weighted by Crippen LogP contribution is 2.22. The number of amides is 2. The molecule has 138 valence electrons. The Hall–Kier alpha value is -3.41. The Morgan fingerprint density at radius 1 is 1.15 bits per heavy atom. The lowest BCUT2D eigenvalue weighted by Crippen LogP contribution is -2.33. The van der Waals surface area contributed by atoms with Crippen molar-refractivity contribution >= 4 is 29.5 Å². The molecule has 1 saturated heterocycles. The molecule has 1 aliphatic heterocycles. The van der Waals surface area contributed by atoms with Gasteiger partial charge in [-0.05, 0) is 23.8 Å². The molecule has 1 heterocycles. The highest BCUT2D eigenvalue weighted by atomic mass is 16.6. The maximum Gasteiger partial charge on any atom is 0.414 e. The van der Waals surface area contributed by atoms with E-state index in [1.165, 1.54) is 17.9 Å². The third kappa shape index (κ3) is 4.82. The number of hydrogen-bond donors (Lipinski definition) is 1. The molecule has 0 unspecified atom stereocenters. The van der Waals surface area contributed by atoms with Gasteiger partial charge in [0.2, 0.25) is 5.91 Å². The van der Waals surface area contributed by atoms with E-state index in [-0.39, 0.29) is 17.8 Å². The van der Waals surface area contributed by atoms with Gasteiger partial charge in [-0.3, -0.25) is 14.5 Å². The van der Waals surface area contributed by atoms with Gasteiger partial charge in [-0.2, -0.15) is 0 Å². The standard InChI is InChI=1S/C21H20N2O4/c1-15(24)22-13-19-14-23(21(26)27-19)18-10-7-16(8-11-18)9-12-20(25)17-5-3-2-4-6-17/h2-12,19H,13-14H2,1H3,(H,22,24)/b12-9+/t19-/m0/s1. The first-order chi connectivity index (χ1) is 13.0. The average Bonchev–Trinajstić information content (AvgIpc) is 3.06. The quantitative estimate of drug-likeness (QED) is 0.631. The number of carbonyl (C=O) groups excluding carboxylic acids is 3. The van der Waals surface area contributed by atoms with Crippen LogP contribution < -0.4 is 10.2 Å². The zero-order valence-electron chi connectivity index (χ0n) is 14.9. The van der Waals surface area contributed by atoms with Crippen molar-refractivity contribution in [3.8, 4) is 0 Å². The molecular weight excluding hydrogens is 344 g/mol. The van der Waals surface area contributed by atoms with Crippen LogP contribution in [0.25, 0.3) is 6.08 Å². The van der Waals surface area contributed by atoms with E-state index < -0.39 is 6.09 Å². The van der Waals surface area contributed by atoms with E-state index in [4.69, 9.17) is 4.74 Å². The number of ketones is 1. The summed E-state index contributed by atoms with van der Waals surface area (Å²) in [5, 5.41) is 2.65. The van der Waals surface area contributed by atoms with Crippen LogP contribution in [0.3, 0.4) is 0 Å². The fourth-order valence-electron chi connectivity index (χ4n) is 2.73. The number of anilines is 1. The molecule has 6 nitrogen and oxygen atoms in total. The molecule has 2 amide bonds. The fraction of sp³-hybridized carbons (Fsp3) is 0.190. The molecule has 0 saturated carbocycles. The summed E-state index contributed by atoms with van der Waals surface area (Å²) in [6, 6.07) is 16.3. The van der Waals surface area contributed by atoms with E-state index in [9.17, 15) is 14.4 Å². The van der Waals surface area contributed by atoms with Crippen molar-refractivity contribution in [2.24, 2.45) is 0 Å². The Labute approximate surface area is 157 Å². The Morgan fingerprint density at radius 3 is 2.52 bits per heavy atom. The number of nitrogens with one attached hydrogen (secondary N) is 1. The lowest BCUT2D eigenvalue weighted by molar-refractivity contribution is -0.119. The van der Waals surface area contributed by atoms with E-state index in [1.807, 2.05) is 30.3 Å². The lowest BCUT2D eigenvalue weighted by Gasteiger charge is -2.13. The highest BCUT2D eigenvalue weighted by molar-refractivity contribution is 6.06. The smallest absolute Gasteiger partial charge is 0.414 e. The van der Waals surface area contributed by atoms with Crippen molar-refractivity contribution in [1.29, 1.82) is 0 Å². The minimum atomic E-state index is -0.437. The zero-order chi connectivity index (χ0) is 19.2. The van der Waals surface area contributed by atoms with Crippen molar-refractivity contribution in [1.82, 2.24) is 5.32 Å². The predicted molar refractivity (Wildman–Crippen MR) is 103 cm³/mol. The molecule has 1 fully saturated rings. The molecule has 6 heteroatoms. The molecule has 1 aliphatic rings. The largest absolute Gasteiger partial charge is 0.442 e. The summed E-state index contributed by atoms with van der Waals surface area (Å²) in [7, 11) is 0. The van der Waals surface area contributed by atoms with Crippen LogP contribution in [0.5, 0.6) is 0 Å². The third-order valence-electron chi connectivity index (χ3n) is 4.14. The molecule has 1 N–H and O–H groups in total. The van der Waals surface area contributed by atoms with Crippen LogP contribution >= 0.6 is 0 Å². The molecule has 2 aromatic carbocycles. The van der Waals surface area contributed by atoms with Crippen molar-refractivity contribution in [2.75, 3.05) is 18.0 Å². The van der Waals surface area contributed by atoms with Crippen LogP contribution in [-0.4, -0.2) is 37.0 Å². The normalized spacial score (nSPS) is 16.4. The van der Waals surface area contributed by atoms with Crippen molar-refractivity contribution < 1.29 is 19.1 Å². The van der Waals surface area contributed by atoms with Crippen LogP contribution in [0.4, 0.5) is 10.5 Å². The maximum atomic E-state index is 12.1. The number of hydrogen-bond acceptors (Lipinski definition) is 4. The molecule has 0 bridgehead atoms. The number of carbonyl (C=O) groups is 3. The number of cyclic esters (lactones) is 1. The van der Waals surface area contributed by atoms with Gasteiger partial charge in [0.15, 0.2) is 5.78 Å². The maximum absolute atomic E-state index is 12.1. The number of rotatable bonds is 6. The van der Waals surface area contributed by atoms with Crippen LogP contribution in [0.2, 0.25) is 0 Å². The monoisotopic (exact) mass is 364 g/mol. The molecular formula is C21H20N2O4. The lowest BCUT2D eigenvalue weighted by atomic mass is 10.1. The average molecular weight is 364 g/mol. The third-order valence-corrected chi connectivity index (χ3v) is 4.14. The van der Waals surface area contributed by atoms with E-state index in [1.54, 1.807) is 30.3 Å². The highest BCUT2D eigenvalue weighted by Gasteiger charge is 2.32. The molecule has 0 spiro atoms. The van der Waals surface area contributed by atoms with Gasteiger partial charge < -0.3 is 10.1 Å². The van der Waals surface area contributed by atoms with E-state index >= 15 is 0 Å². The molecule has 0 aliphatic carbocycles. The van der Waals surface area contributed by atoms with E-state index in [0.29, 0.717) is 24.3 Å². The Bertz CT molecular complexity index is 860. The molecule has 0 radical (unpaired) electrons. The second-order valence-corrected chi connectivity index (χ2v) is 6.21. The van der Waals surface area contributed by atoms with Gasteiger partial charge in [0.05, 0.1) is 13.1 Å². The Morgan fingerprint density at radius 2 is 1.85 bits per heavy atom. The van der Waals surface area contributed by atoms with Gasteiger partial charge in [0.25, 0.3) is 0 Å². The number of ether oxygens (including phenoxy) is 1. The van der Waals surface area contributed by atoms with Crippen LogP contribution in [0, 0.1) is 0 Å². The van der Waals surface area contributed by atoms with Crippen molar-refractivity contribution in [2.45, 2.75) is 13.0 Å². The van der Waals surface area contributed by atoms with Gasteiger partial charge in [0.1, 0.15) is 6.10 Å². The molecule has 1 atom stereocenters. The second-order valence-electron chi connectivity index (χ2n) is 6.21. The van der Waals surface area contributed by atoms with Crippen molar-refractivity contribution in [3.63, 3.8) is 0 Å². The molecule has 0 aromatic heterocycles. The van der Waals surface area contributed by atoms with Crippen LogP contribution in [0.1, 0.15) is 22.8 Å². The number of allylic oxidation sites excluding steroid dienone is 1. The van der Waals surface area contributed by atoms with Crippen molar-refractivity contribution in [3.05, 3.63) is 71.8 Å². The first kappa shape index (κ1) is 18.4. The summed E-state index contributed by atoms with van der Waals surface area (Å²) >= 11 is 0. The fourth-order valence-corrected chi connectivity index (χ4v) is 2.73. The summed E-state index contributed by atoms with van der Waals surface area (Å²) in [5.41, 5.74) is 2.19. The van der Waals surface area contributed by atoms with Gasteiger partial charge in [0, 0.05) is 18.2 Å². The van der Waals surface area contributed by atoms with Gasteiger partial charge in [-0.1, -0.05) is 48.5 Å². The summed E-state index contributed by atoms with van der Waals surface area (Å²) < 4.78 is 5.25. The topological polar surface area (TPSA) is 75.7 Å². The molecule has 27 heavy (non-hydrogen) atoms. The summed E-state index contributed by atoms with van der Waals surface area (Å²) in [5.74, 6) is -0.228. The minimum absolute atomic E-state index is 0.0661. The van der Waals surface area contributed by atoms with Crippen LogP contribution in [-0.2, 0) is 9.53 Å². The Kier molecular flexibility index (Phi) is 5.66. The SMILES string of the molecule is CC(=O)NC[C@H]1CN(c2ccc(/C=C/C(=O)c3ccccc3)cc2)C(=O)O1. The minimum Gasteiger partial charge on any atom is -0.442 e. The predicted octanol–water partition coefficient (Wildman–Crippen LogP) is 3.04. The first-order valence-corrected chi connectivity index (χ1v) is 8.63. The summed E-state index contributed by atoms with van der Waals surface area (Å²) in [6.07, 6.45) is 2.45. The second kappa shape index (κ2) is 8.31. The Balaban J connectivity index is 1.62. The first-order valence-electron chi connectivity index (χ1n) is 8.63. The van der Waals surface area contributed by atoms with E-state index in [2.05, 4.69) is 5.32 Å². The zero-order valence-corrected chi connectivity index (χ0v) is 14.9. The molecule has 2 aromatic rings. The summed E-state index contributed by atoms with van der Waals surface area (Å²) in [4.78, 5) is 36.6. The number of nitrogens with zero attached hydrogens (tertiary/aromatic N) is 1. The summed E-state index contributed by atoms with van der Waals surface area (Å²) in [6.45, 7) is 2.09.